The first kappa shape index (κ1) is 12.8. The van der Waals surface area contributed by atoms with E-state index >= 15 is 0 Å². The Balaban J connectivity index is 2.31. The quantitative estimate of drug-likeness (QED) is 0.762. The summed E-state index contributed by atoms with van der Waals surface area (Å²) in [6.07, 6.45) is 1.51. The van der Waals surface area contributed by atoms with Crippen LogP contribution in [0.15, 0.2) is 12.3 Å². The zero-order chi connectivity index (χ0) is 13.1. The molecule has 2 rings (SSSR count). The van der Waals surface area contributed by atoms with E-state index in [0.29, 0.717) is 41.7 Å². The van der Waals surface area contributed by atoms with E-state index < -0.39 is 16.8 Å². The number of hydrogen-bond acceptors (Lipinski definition) is 6. The van der Waals surface area contributed by atoms with Crippen molar-refractivity contribution in [2.45, 2.75) is 0 Å². The Morgan fingerprint density at radius 1 is 1.50 bits per heavy atom. The van der Waals surface area contributed by atoms with Crippen molar-refractivity contribution in [2.75, 3.05) is 42.3 Å². The SMILES string of the molecule is COC(=O)c1cc(N)cnc1N1CCS(=O)CC1. The number of rotatable bonds is 2. The summed E-state index contributed by atoms with van der Waals surface area (Å²) < 4.78 is 16.0. The van der Waals surface area contributed by atoms with Gasteiger partial charge in [0.05, 0.1) is 19.0 Å². The lowest BCUT2D eigenvalue weighted by Gasteiger charge is -2.28. The maximum absolute atomic E-state index is 11.7. The number of nitrogens with zero attached hydrogens (tertiary/aromatic N) is 2. The van der Waals surface area contributed by atoms with E-state index in [-0.39, 0.29) is 0 Å². The number of carbonyl (C=O) groups is 1. The van der Waals surface area contributed by atoms with E-state index in [9.17, 15) is 9.00 Å². The molecule has 1 aromatic rings. The van der Waals surface area contributed by atoms with Gasteiger partial charge in [0, 0.05) is 35.4 Å². The van der Waals surface area contributed by atoms with Gasteiger partial charge in [-0.15, -0.1) is 0 Å². The van der Waals surface area contributed by atoms with E-state index in [0.717, 1.165) is 0 Å². The first-order valence-electron chi connectivity index (χ1n) is 5.55. The number of hydrogen-bond donors (Lipinski definition) is 1. The number of aromatic nitrogens is 1. The average Bonchev–Trinajstić information content (AvgIpc) is 2.39. The highest BCUT2D eigenvalue weighted by molar-refractivity contribution is 7.85. The minimum atomic E-state index is -0.768. The molecule has 0 bridgehead atoms. The second-order valence-electron chi connectivity index (χ2n) is 3.97. The summed E-state index contributed by atoms with van der Waals surface area (Å²) in [5.41, 5.74) is 6.40. The lowest BCUT2D eigenvalue weighted by Crippen LogP contribution is -2.39. The van der Waals surface area contributed by atoms with Crippen molar-refractivity contribution in [3.05, 3.63) is 17.8 Å². The molecule has 18 heavy (non-hydrogen) atoms. The van der Waals surface area contributed by atoms with Gasteiger partial charge in [-0.25, -0.2) is 9.78 Å². The predicted molar refractivity (Wildman–Crippen MR) is 70.1 cm³/mol. The molecule has 0 aliphatic carbocycles. The molecule has 0 aromatic carbocycles. The fourth-order valence-corrected chi connectivity index (χ4v) is 2.89. The van der Waals surface area contributed by atoms with Crippen LogP contribution in [0.2, 0.25) is 0 Å². The maximum Gasteiger partial charge on any atom is 0.341 e. The maximum atomic E-state index is 11.7. The number of nitrogens with two attached hydrogens (primary N) is 1. The predicted octanol–water partition coefficient (Wildman–Crippen LogP) is 0.0191. The monoisotopic (exact) mass is 269 g/mol. The molecule has 0 saturated carbocycles. The minimum absolute atomic E-state index is 0.352. The van der Waals surface area contributed by atoms with E-state index in [1.807, 2.05) is 4.90 Å². The summed E-state index contributed by atoms with van der Waals surface area (Å²) in [5, 5.41) is 0. The topological polar surface area (TPSA) is 85.5 Å². The minimum Gasteiger partial charge on any atom is -0.465 e. The Morgan fingerprint density at radius 3 is 2.78 bits per heavy atom. The second-order valence-corrected chi connectivity index (χ2v) is 5.66. The number of ether oxygens (including phenoxy) is 1. The zero-order valence-electron chi connectivity index (χ0n) is 10.1. The first-order valence-corrected chi connectivity index (χ1v) is 7.04. The summed E-state index contributed by atoms with van der Waals surface area (Å²) >= 11 is 0. The Bertz CT molecular complexity index is 482. The van der Waals surface area contributed by atoms with Crippen LogP contribution in [0.25, 0.3) is 0 Å². The number of nitrogen functional groups attached to an aromatic ring is 1. The molecule has 0 atom stereocenters. The average molecular weight is 269 g/mol. The third-order valence-electron chi connectivity index (χ3n) is 2.77. The lowest BCUT2D eigenvalue weighted by molar-refractivity contribution is 0.0601. The molecule has 1 aliphatic heterocycles. The van der Waals surface area contributed by atoms with Gasteiger partial charge in [0.1, 0.15) is 11.4 Å². The number of carbonyl (C=O) groups excluding carboxylic acids is 1. The molecule has 1 aromatic heterocycles. The third-order valence-corrected chi connectivity index (χ3v) is 4.05. The van der Waals surface area contributed by atoms with Gasteiger partial charge in [-0.3, -0.25) is 4.21 Å². The molecular weight excluding hydrogens is 254 g/mol. The molecule has 1 saturated heterocycles. The molecule has 98 valence electrons. The van der Waals surface area contributed by atoms with Crippen LogP contribution < -0.4 is 10.6 Å². The number of pyridine rings is 1. The molecule has 1 fully saturated rings. The summed E-state index contributed by atoms with van der Waals surface area (Å²) in [7, 11) is 0.552. The molecular formula is C11H15N3O3S. The zero-order valence-corrected chi connectivity index (χ0v) is 10.9. The van der Waals surface area contributed by atoms with Crippen LogP contribution in [0.5, 0.6) is 0 Å². The second kappa shape index (κ2) is 5.34. The van der Waals surface area contributed by atoms with Crippen LogP contribution in [0.1, 0.15) is 10.4 Å². The van der Waals surface area contributed by atoms with Crippen molar-refractivity contribution in [2.24, 2.45) is 0 Å². The Hall–Kier alpha value is -1.63. The standard InChI is InChI=1S/C11H15N3O3S/c1-17-11(15)9-6-8(12)7-13-10(9)14-2-4-18(16)5-3-14/h6-7H,2-5,12H2,1H3. The van der Waals surface area contributed by atoms with E-state index in [1.165, 1.54) is 13.3 Å². The molecule has 2 heterocycles. The van der Waals surface area contributed by atoms with Crippen molar-refractivity contribution in [3.8, 4) is 0 Å². The van der Waals surface area contributed by atoms with Crippen molar-refractivity contribution in [3.63, 3.8) is 0 Å². The Kier molecular flexibility index (Phi) is 3.81. The van der Waals surface area contributed by atoms with Gasteiger partial charge in [0.15, 0.2) is 0 Å². The van der Waals surface area contributed by atoms with Gasteiger partial charge in [0.25, 0.3) is 0 Å². The van der Waals surface area contributed by atoms with Crippen molar-refractivity contribution < 1.29 is 13.7 Å². The summed E-state index contributed by atoms with van der Waals surface area (Å²) in [4.78, 5) is 17.8. The van der Waals surface area contributed by atoms with Gasteiger partial charge in [-0.05, 0) is 6.07 Å². The number of esters is 1. The summed E-state index contributed by atoms with van der Waals surface area (Å²) in [6, 6.07) is 1.56. The summed E-state index contributed by atoms with van der Waals surface area (Å²) in [6.45, 7) is 1.24. The van der Waals surface area contributed by atoms with E-state index in [4.69, 9.17) is 10.5 Å². The number of methoxy groups -OCH3 is 1. The van der Waals surface area contributed by atoms with Gasteiger partial charge >= 0.3 is 5.97 Å². The van der Waals surface area contributed by atoms with Crippen molar-refractivity contribution >= 4 is 28.3 Å². The third kappa shape index (κ3) is 2.61. The normalized spacial score (nSPS) is 16.6. The Morgan fingerprint density at radius 2 is 2.17 bits per heavy atom. The van der Waals surface area contributed by atoms with Gasteiger partial charge < -0.3 is 15.4 Å². The molecule has 0 radical (unpaired) electrons. The van der Waals surface area contributed by atoms with Crippen molar-refractivity contribution in [1.82, 2.24) is 4.98 Å². The van der Waals surface area contributed by atoms with Gasteiger partial charge in [-0.1, -0.05) is 0 Å². The highest BCUT2D eigenvalue weighted by Gasteiger charge is 2.22. The molecule has 0 unspecified atom stereocenters. The first-order chi connectivity index (χ1) is 8.61. The van der Waals surface area contributed by atoms with E-state index in [1.54, 1.807) is 6.07 Å². The lowest BCUT2D eigenvalue weighted by atomic mass is 10.2. The molecule has 0 amide bonds. The molecule has 6 nitrogen and oxygen atoms in total. The van der Waals surface area contributed by atoms with Crippen LogP contribution >= 0.6 is 0 Å². The highest BCUT2D eigenvalue weighted by Crippen LogP contribution is 2.22. The fourth-order valence-electron chi connectivity index (χ4n) is 1.84. The molecule has 1 aliphatic rings. The highest BCUT2D eigenvalue weighted by atomic mass is 32.2. The molecule has 7 heteroatoms. The van der Waals surface area contributed by atoms with Crippen molar-refractivity contribution in [1.29, 1.82) is 0 Å². The van der Waals surface area contributed by atoms with Gasteiger partial charge in [0.2, 0.25) is 0 Å². The summed E-state index contributed by atoms with van der Waals surface area (Å²) in [5.74, 6) is 1.27. The largest absolute Gasteiger partial charge is 0.465 e. The Labute approximate surface area is 108 Å². The number of anilines is 2. The van der Waals surface area contributed by atoms with Gasteiger partial charge in [-0.2, -0.15) is 0 Å². The van der Waals surface area contributed by atoms with Crippen LogP contribution in [0, 0.1) is 0 Å². The molecule has 2 N–H and O–H groups in total. The fraction of sp³-hybridized carbons (Fsp3) is 0.455. The van der Waals surface area contributed by atoms with Crippen LogP contribution in [-0.4, -0.2) is 46.9 Å². The van der Waals surface area contributed by atoms with Crippen LogP contribution in [0.3, 0.4) is 0 Å². The van der Waals surface area contributed by atoms with Crippen LogP contribution in [0.4, 0.5) is 11.5 Å². The van der Waals surface area contributed by atoms with E-state index in [2.05, 4.69) is 4.98 Å². The smallest absolute Gasteiger partial charge is 0.341 e. The molecule has 0 spiro atoms. The van der Waals surface area contributed by atoms with Crippen LogP contribution in [-0.2, 0) is 15.5 Å².